The molecule has 5 nitrogen and oxygen atoms in total. The lowest BCUT2D eigenvalue weighted by molar-refractivity contribution is -0.145. The third-order valence-electron chi connectivity index (χ3n) is 3.60. The van der Waals surface area contributed by atoms with E-state index in [9.17, 15) is 14.7 Å². The molecule has 0 aliphatic carbocycles. The van der Waals surface area contributed by atoms with E-state index >= 15 is 0 Å². The molecule has 1 aromatic carbocycles. The van der Waals surface area contributed by atoms with Crippen LogP contribution in [0.3, 0.4) is 0 Å². The highest BCUT2D eigenvalue weighted by Gasteiger charge is 2.53. The van der Waals surface area contributed by atoms with Crippen molar-refractivity contribution >= 4 is 33.5 Å². The van der Waals surface area contributed by atoms with Gasteiger partial charge in [-0.25, -0.2) is 0 Å². The molecule has 3 rings (SSSR count). The van der Waals surface area contributed by atoms with E-state index in [1.54, 1.807) is 24.3 Å². The maximum Gasteiger partial charge on any atom is 0.310 e. The number of carbonyl (C=O) groups is 2. The molecular weight excluding hydrogens is 326 g/mol. The highest BCUT2D eigenvalue weighted by molar-refractivity contribution is 9.10. The van der Waals surface area contributed by atoms with E-state index in [1.165, 1.54) is 0 Å². The first-order valence-electron chi connectivity index (χ1n) is 6.19. The number of hydrogen-bond donors (Lipinski definition) is 2. The smallest absolute Gasteiger partial charge is 0.310 e. The van der Waals surface area contributed by atoms with Crippen LogP contribution in [0.2, 0.25) is 0 Å². The summed E-state index contributed by atoms with van der Waals surface area (Å²) in [6.07, 6.45) is 2.53. The molecule has 0 aromatic heterocycles. The van der Waals surface area contributed by atoms with E-state index < -0.39 is 30.0 Å². The van der Waals surface area contributed by atoms with Crippen molar-refractivity contribution in [2.45, 2.75) is 12.2 Å². The van der Waals surface area contributed by atoms with E-state index in [1.807, 2.05) is 12.1 Å². The van der Waals surface area contributed by atoms with Crippen LogP contribution in [0.15, 0.2) is 40.9 Å². The number of ether oxygens (including phenoxy) is 1. The molecule has 2 aliphatic heterocycles. The van der Waals surface area contributed by atoms with Crippen LogP contribution in [-0.2, 0) is 14.3 Å². The highest BCUT2D eigenvalue weighted by atomic mass is 79.9. The zero-order valence-electron chi connectivity index (χ0n) is 10.3. The summed E-state index contributed by atoms with van der Waals surface area (Å²) in [6, 6.07) is 7.12. The minimum absolute atomic E-state index is 0.323. The number of benzene rings is 1. The van der Waals surface area contributed by atoms with E-state index in [0.29, 0.717) is 5.69 Å². The van der Waals surface area contributed by atoms with Gasteiger partial charge in [0.1, 0.15) is 5.92 Å². The SMILES string of the molecule is O=C(Nc1ccc(Br)cc1)[C@@H]1[C@H](C(=O)O)[C@H]2C=C[C@@H]1O2. The predicted molar refractivity (Wildman–Crippen MR) is 75.2 cm³/mol. The third-order valence-corrected chi connectivity index (χ3v) is 4.13. The number of hydrogen-bond acceptors (Lipinski definition) is 3. The Morgan fingerprint density at radius 1 is 1.10 bits per heavy atom. The molecule has 4 atom stereocenters. The van der Waals surface area contributed by atoms with Crippen molar-refractivity contribution < 1.29 is 19.4 Å². The minimum Gasteiger partial charge on any atom is -0.481 e. The van der Waals surface area contributed by atoms with Gasteiger partial charge >= 0.3 is 5.97 Å². The molecule has 2 heterocycles. The second kappa shape index (κ2) is 5.03. The zero-order valence-corrected chi connectivity index (χ0v) is 11.9. The summed E-state index contributed by atoms with van der Waals surface area (Å²) in [5, 5.41) is 12.0. The topological polar surface area (TPSA) is 75.6 Å². The minimum atomic E-state index is -1.00. The van der Waals surface area contributed by atoms with Gasteiger partial charge in [-0.15, -0.1) is 0 Å². The molecule has 1 amide bonds. The summed E-state index contributed by atoms with van der Waals surface area (Å²) in [7, 11) is 0. The highest BCUT2D eigenvalue weighted by Crippen LogP contribution is 2.39. The van der Waals surface area contributed by atoms with Crippen LogP contribution in [0, 0.1) is 11.8 Å². The molecule has 0 radical (unpaired) electrons. The molecule has 0 spiro atoms. The van der Waals surface area contributed by atoms with Gasteiger partial charge in [-0.2, -0.15) is 0 Å². The Bertz CT molecular complexity index is 583. The Hall–Kier alpha value is -1.66. The molecule has 1 saturated heterocycles. The van der Waals surface area contributed by atoms with Crippen molar-refractivity contribution in [2.75, 3.05) is 5.32 Å². The van der Waals surface area contributed by atoms with Gasteiger partial charge in [-0.1, -0.05) is 28.1 Å². The maximum atomic E-state index is 12.3. The Labute approximate surface area is 123 Å². The summed E-state index contributed by atoms with van der Waals surface area (Å²) in [5.41, 5.74) is 0.633. The summed E-state index contributed by atoms with van der Waals surface area (Å²) >= 11 is 3.31. The van der Waals surface area contributed by atoms with E-state index in [2.05, 4.69) is 21.2 Å². The second-order valence-electron chi connectivity index (χ2n) is 4.84. The van der Waals surface area contributed by atoms with E-state index in [4.69, 9.17) is 4.74 Å². The van der Waals surface area contributed by atoms with Crippen molar-refractivity contribution in [2.24, 2.45) is 11.8 Å². The molecule has 1 fully saturated rings. The molecule has 1 aromatic rings. The van der Waals surface area contributed by atoms with Gasteiger partial charge in [0.15, 0.2) is 0 Å². The van der Waals surface area contributed by atoms with Gasteiger partial charge in [0.05, 0.1) is 18.1 Å². The first kappa shape index (κ1) is 13.3. The molecule has 6 heteroatoms. The molecule has 20 heavy (non-hydrogen) atoms. The summed E-state index contributed by atoms with van der Waals surface area (Å²) < 4.78 is 6.38. The van der Waals surface area contributed by atoms with Crippen LogP contribution >= 0.6 is 15.9 Å². The van der Waals surface area contributed by atoms with Gasteiger partial charge < -0.3 is 15.2 Å². The number of halogens is 1. The van der Waals surface area contributed by atoms with Gasteiger partial charge in [-0.05, 0) is 24.3 Å². The van der Waals surface area contributed by atoms with Crippen LogP contribution in [0.4, 0.5) is 5.69 Å². The van der Waals surface area contributed by atoms with Gasteiger partial charge in [0, 0.05) is 10.2 Å². The zero-order chi connectivity index (χ0) is 14.3. The average Bonchev–Trinajstić information content (AvgIpc) is 3.01. The fourth-order valence-electron chi connectivity index (χ4n) is 2.67. The second-order valence-corrected chi connectivity index (χ2v) is 5.75. The summed E-state index contributed by atoms with van der Waals surface area (Å²) in [5.74, 6) is -2.83. The number of anilines is 1. The number of carboxylic acid groups (broad SMARTS) is 1. The van der Waals surface area contributed by atoms with Crippen molar-refractivity contribution in [3.8, 4) is 0 Å². The number of nitrogens with one attached hydrogen (secondary N) is 1. The molecule has 2 aliphatic rings. The van der Waals surface area contributed by atoms with Crippen LogP contribution in [0.25, 0.3) is 0 Å². The van der Waals surface area contributed by atoms with E-state index in [-0.39, 0.29) is 5.91 Å². The molecule has 2 bridgehead atoms. The first-order valence-corrected chi connectivity index (χ1v) is 6.98. The number of aliphatic carboxylic acids is 1. The lowest BCUT2D eigenvalue weighted by Crippen LogP contribution is -2.39. The molecule has 104 valence electrons. The third kappa shape index (κ3) is 2.25. The van der Waals surface area contributed by atoms with Gasteiger partial charge in [-0.3, -0.25) is 9.59 Å². The summed E-state index contributed by atoms with van der Waals surface area (Å²) in [4.78, 5) is 23.6. The lowest BCUT2D eigenvalue weighted by atomic mass is 9.82. The van der Waals surface area contributed by atoms with Crippen LogP contribution in [0.1, 0.15) is 0 Å². The number of fused-ring (bicyclic) bond motifs is 2. The number of carboxylic acids is 1. The maximum absolute atomic E-state index is 12.3. The Morgan fingerprint density at radius 3 is 2.30 bits per heavy atom. The number of amides is 1. The van der Waals surface area contributed by atoms with Crippen molar-refractivity contribution in [1.29, 1.82) is 0 Å². The lowest BCUT2D eigenvalue weighted by Gasteiger charge is -2.20. The largest absolute Gasteiger partial charge is 0.481 e. The van der Waals surface area contributed by atoms with Crippen molar-refractivity contribution in [1.82, 2.24) is 0 Å². The molecule has 0 unspecified atom stereocenters. The van der Waals surface area contributed by atoms with Crippen LogP contribution < -0.4 is 5.32 Å². The summed E-state index contributed by atoms with van der Waals surface area (Å²) in [6.45, 7) is 0. The number of rotatable bonds is 3. The van der Waals surface area contributed by atoms with E-state index in [0.717, 1.165) is 4.47 Å². The molecule has 2 N–H and O–H groups in total. The van der Waals surface area contributed by atoms with Crippen LogP contribution in [0.5, 0.6) is 0 Å². The fraction of sp³-hybridized carbons (Fsp3) is 0.286. The fourth-order valence-corrected chi connectivity index (χ4v) is 2.94. The monoisotopic (exact) mass is 337 g/mol. The van der Waals surface area contributed by atoms with Gasteiger partial charge in [0.25, 0.3) is 0 Å². The van der Waals surface area contributed by atoms with Crippen LogP contribution in [-0.4, -0.2) is 29.2 Å². The molecular formula is C14H12BrNO4. The normalized spacial score (nSPS) is 30.4. The Kier molecular flexibility index (Phi) is 3.35. The molecule has 0 saturated carbocycles. The Morgan fingerprint density at radius 2 is 1.70 bits per heavy atom. The van der Waals surface area contributed by atoms with Crippen molar-refractivity contribution in [3.63, 3.8) is 0 Å². The first-order chi connectivity index (χ1) is 9.56. The average molecular weight is 338 g/mol. The van der Waals surface area contributed by atoms with Gasteiger partial charge in [0.2, 0.25) is 5.91 Å². The quantitative estimate of drug-likeness (QED) is 0.827. The Balaban J connectivity index is 1.78. The van der Waals surface area contributed by atoms with Crippen molar-refractivity contribution in [3.05, 3.63) is 40.9 Å². The number of carbonyl (C=O) groups excluding carboxylic acids is 1. The predicted octanol–water partition coefficient (Wildman–Crippen LogP) is 2.04. The standard InChI is InChI=1S/C14H12BrNO4/c15-7-1-3-8(4-2-7)16-13(17)11-9-5-6-10(20-9)12(11)14(18)19/h1-6,9-12H,(H,16,17)(H,18,19)/t9-,10+,11-,12+/m0/s1.